The van der Waals surface area contributed by atoms with E-state index in [1.54, 1.807) is 19.4 Å². The molecule has 0 spiro atoms. The Hall–Kier alpha value is -3.36. The maximum absolute atomic E-state index is 13.8. The Morgan fingerprint density at radius 2 is 2.06 bits per heavy atom. The van der Waals surface area contributed by atoms with Crippen LogP contribution in [0.4, 0.5) is 8.78 Å². The fraction of sp³-hybridized carbons (Fsp3) is 0.333. The molecule has 184 valence electrons. The van der Waals surface area contributed by atoms with E-state index in [2.05, 4.69) is 4.98 Å². The largest absolute Gasteiger partial charge is 0.497 e. The van der Waals surface area contributed by atoms with Crippen molar-refractivity contribution in [1.29, 1.82) is 0 Å². The summed E-state index contributed by atoms with van der Waals surface area (Å²) in [6.07, 6.45) is 6.70. The zero-order valence-electron chi connectivity index (χ0n) is 19.7. The molecule has 0 amide bonds. The van der Waals surface area contributed by atoms with Crippen LogP contribution in [0.5, 0.6) is 5.75 Å². The van der Waals surface area contributed by atoms with E-state index in [9.17, 15) is 18.7 Å². The zero-order valence-corrected chi connectivity index (χ0v) is 19.7. The second-order valence-electron chi connectivity index (χ2n) is 8.67. The number of aliphatic carboxylic acids is 1. The van der Waals surface area contributed by atoms with Crippen molar-refractivity contribution in [2.45, 2.75) is 18.9 Å². The van der Waals surface area contributed by atoms with Crippen LogP contribution < -0.4 is 4.74 Å². The van der Waals surface area contributed by atoms with Gasteiger partial charge in [-0.2, -0.15) is 0 Å². The average Bonchev–Trinajstić information content (AvgIpc) is 2.86. The number of nitrogens with zero attached hydrogens (tertiary/aromatic N) is 3. The number of methoxy groups -OCH3 is 1. The molecule has 2 aromatic carbocycles. The summed E-state index contributed by atoms with van der Waals surface area (Å²) in [6, 6.07) is 10.5. The molecule has 1 aliphatic rings. The highest BCUT2D eigenvalue weighted by Crippen LogP contribution is 2.24. The second-order valence-corrected chi connectivity index (χ2v) is 8.67. The maximum atomic E-state index is 13.8. The average molecular weight is 482 g/mol. The van der Waals surface area contributed by atoms with E-state index in [4.69, 9.17) is 4.74 Å². The highest BCUT2D eigenvalue weighted by Gasteiger charge is 2.31. The van der Waals surface area contributed by atoms with Crippen molar-refractivity contribution in [2.75, 3.05) is 39.8 Å². The number of pyridine rings is 1. The van der Waals surface area contributed by atoms with Gasteiger partial charge in [0.1, 0.15) is 23.4 Å². The van der Waals surface area contributed by atoms with Gasteiger partial charge in [-0.1, -0.05) is 12.2 Å². The van der Waals surface area contributed by atoms with Crippen LogP contribution >= 0.6 is 0 Å². The highest BCUT2D eigenvalue weighted by atomic mass is 19.1. The lowest BCUT2D eigenvalue weighted by Crippen LogP contribution is -2.56. The molecule has 1 fully saturated rings. The summed E-state index contributed by atoms with van der Waals surface area (Å²) in [5.41, 5.74) is 2.25. The third kappa shape index (κ3) is 6.21. The smallest absolute Gasteiger partial charge is 0.322 e. The van der Waals surface area contributed by atoms with E-state index in [-0.39, 0.29) is 5.56 Å². The molecule has 35 heavy (non-hydrogen) atoms. The van der Waals surface area contributed by atoms with Gasteiger partial charge in [-0.05, 0) is 67.4 Å². The molecular formula is C27H29F2N3O3. The lowest BCUT2D eigenvalue weighted by atomic mass is 10.0. The molecule has 1 aromatic heterocycles. The van der Waals surface area contributed by atoms with Crippen molar-refractivity contribution in [3.63, 3.8) is 0 Å². The number of aryl methyl sites for hydroxylation is 1. The van der Waals surface area contributed by atoms with E-state index < -0.39 is 23.6 Å². The second kappa shape index (κ2) is 11.4. The molecule has 4 rings (SSSR count). The molecule has 1 N–H and O–H groups in total. The molecular weight excluding hydrogens is 452 g/mol. The number of halogens is 2. The number of carboxylic acid groups (broad SMARTS) is 1. The number of aromatic nitrogens is 1. The summed E-state index contributed by atoms with van der Waals surface area (Å²) in [4.78, 5) is 20.4. The molecule has 6 nitrogen and oxygen atoms in total. The number of hydrogen-bond donors (Lipinski definition) is 1. The van der Waals surface area contributed by atoms with Gasteiger partial charge in [-0.3, -0.25) is 19.6 Å². The molecule has 1 saturated heterocycles. The van der Waals surface area contributed by atoms with Crippen LogP contribution in [0.15, 0.2) is 54.7 Å². The summed E-state index contributed by atoms with van der Waals surface area (Å²) in [7, 11) is 1.64. The monoisotopic (exact) mass is 481 g/mol. The van der Waals surface area contributed by atoms with E-state index in [1.165, 1.54) is 6.08 Å². The van der Waals surface area contributed by atoms with Crippen molar-refractivity contribution in [3.05, 3.63) is 77.5 Å². The zero-order chi connectivity index (χ0) is 24.8. The third-order valence-corrected chi connectivity index (χ3v) is 6.41. The van der Waals surface area contributed by atoms with Crippen molar-refractivity contribution in [3.8, 4) is 5.75 Å². The first kappa shape index (κ1) is 24.8. The molecule has 0 radical (unpaired) electrons. The summed E-state index contributed by atoms with van der Waals surface area (Å²) in [5, 5.41) is 10.9. The first-order chi connectivity index (χ1) is 16.9. The van der Waals surface area contributed by atoms with Gasteiger partial charge in [0.2, 0.25) is 0 Å². The fourth-order valence-electron chi connectivity index (χ4n) is 4.52. The minimum absolute atomic E-state index is 0.180. The molecule has 0 bridgehead atoms. The van der Waals surface area contributed by atoms with Crippen LogP contribution in [0, 0.1) is 11.6 Å². The lowest BCUT2D eigenvalue weighted by Gasteiger charge is -2.39. The van der Waals surface area contributed by atoms with Crippen LogP contribution in [0.2, 0.25) is 0 Å². The number of piperazine rings is 1. The lowest BCUT2D eigenvalue weighted by molar-refractivity contribution is -0.145. The minimum atomic E-state index is -0.853. The predicted molar refractivity (Wildman–Crippen MR) is 131 cm³/mol. The number of ether oxygens (including phenoxy) is 1. The summed E-state index contributed by atoms with van der Waals surface area (Å²) in [5.74, 6) is -1.06. The minimum Gasteiger partial charge on any atom is -0.497 e. The van der Waals surface area contributed by atoms with Crippen molar-refractivity contribution in [2.24, 2.45) is 0 Å². The van der Waals surface area contributed by atoms with Gasteiger partial charge >= 0.3 is 5.97 Å². The third-order valence-electron chi connectivity index (χ3n) is 6.41. The van der Waals surface area contributed by atoms with E-state index in [0.717, 1.165) is 53.3 Å². The number of carbonyl (C=O) groups is 1. The Bertz CT molecular complexity index is 1220. The van der Waals surface area contributed by atoms with Crippen molar-refractivity contribution >= 4 is 22.9 Å². The van der Waals surface area contributed by atoms with Gasteiger partial charge in [-0.25, -0.2) is 8.78 Å². The summed E-state index contributed by atoms with van der Waals surface area (Å²) < 4.78 is 32.5. The molecule has 0 saturated carbocycles. The van der Waals surface area contributed by atoms with Crippen molar-refractivity contribution in [1.82, 2.24) is 14.8 Å². The Balaban J connectivity index is 1.33. The number of benzene rings is 2. The predicted octanol–water partition coefficient (Wildman–Crippen LogP) is 4.24. The SMILES string of the molecule is COc1ccc2nccc(CCCN3CCN(C/C=C/c4cc(F)ccc4F)C[C@@H]3C(=O)O)c2c1. The molecule has 1 aliphatic heterocycles. The topological polar surface area (TPSA) is 65.9 Å². The number of hydrogen-bond acceptors (Lipinski definition) is 5. The Morgan fingerprint density at radius 1 is 1.20 bits per heavy atom. The highest BCUT2D eigenvalue weighted by molar-refractivity contribution is 5.83. The summed E-state index contributed by atoms with van der Waals surface area (Å²) >= 11 is 0. The van der Waals surface area contributed by atoms with E-state index in [0.29, 0.717) is 32.7 Å². The van der Waals surface area contributed by atoms with Gasteiger partial charge in [0.05, 0.1) is 12.6 Å². The van der Waals surface area contributed by atoms with E-state index >= 15 is 0 Å². The van der Waals surface area contributed by atoms with Crippen molar-refractivity contribution < 1.29 is 23.4 Å². The molecule has 2 heterocycles. The maximum Gasteiger partial charge on any atom is 0.322 e. The Kier molecular flexibility index (Phi) is 8.05. The van der Waals surface area contributed by atoms with Crippen LogP contribution in [-0.2, 0) is 11.2 Å². The van der Waals surface area contributed by atoms with Crippen LogP contribution in [-0.4, -0.2) is 71.7 Å². The standard InChI is InChI=1S/C27H29F2N3O3/c1-35-22-7-9-25-23(17-22)19(10-11-30-25)4-3-13-32-15-14-31(18-26(32)27(33)34)12-2-5-20-16-21(28)6-8-24(20)29/h2,5-11,16-17,26H,3-4,12-15,18H2,1H3,(H,33,34)/b5-2+/t26-/m1/s1. The Morgan fingerprint density at radius 3 is 2.86 bits per heavy atom. The number of fused-ring (bicyclic) bond motifs is 1. The quantitative estimate of drug-likeness (QED) is 0.493. The fourth-order valence-corrected chi connectivity index (χ4v) is 4.52. The number of rotatable bonds is 9. The van der Waals surface area contributed by atoms with Gasteiger partial charge < -0.3 is 9.84 Å². The van der Waals surface area contributed by atoms with Gasteiger partial charge in [0.15, 0.2) is 0 Å². The first-order valence-corrected chi connectivity index (χ1v) is 11.7. The van der Waals surface area contributed by atoms with Gasteiger partial charge in [0.25, 0.3) is 0 Å². The number of carboxylic acids is 1. The first-order valence-electron chi connectivity index (χ1n) is 11.7. The van der Waals surface area contributed by atoms with Crippen LogP contribution in [0.1, 0.15) is 17.5 Å². The van der Waals surface area contributed by atoms with Gasteiger partial charge in [0, 0.05) is 43.3 Å². The molecule has 0 aliphatic carbocycles. The molecule has 8 heteroatoms. The van der Waals surface area contributed by atoms with E-state index in [1.807, 2.05) is 34.1 Å². The van der Waals surface area contributed by atoms with Crippen LogP contribution in [0.25, 0.3) is 17.0 Å². The Labute approximate surface area is 203 Å². The normalized spacial score (nSPS) is 17.3. The van der Waals surface area contributed by atoms with Gasteiger partial charge in [-0.15, -0.1) is 0 Å². The molecule has 0 unspecified atom stereocenters. The molecule has 3 aromatic rings. The van der Waals surface area contributed by atoms with Crippen LogP contribution in [0.3, 0.4) is 0 Å². The summed E-state index contributed by atoms with van der Waals surface area (Å²) in [6.45, 7) is 2.85. The molecule has 1 atom stereocenters.